The molecule has 114 valence electrons. The molecule has 3 unspecified atom stereocenters. The van der Waals surface area contributed by atoms with Crippen LogP contribution in [0.5, 0.6) is 0 Å². The predicted octanol–water partition coefficient (Wildman–Crippen LogP) is 1.66. The first-order valence-electron chi connectivity index (χ1n) is 7.27. The third-order valence-corrected chi connectivity index (χ3v) is 5.46. The highest BCUT2D eigenvalue weighted by molar-refractivity contribution is 7.99. The van der Waals surface area contributed by atoms with Crippen LogP contribution in [0.4, 0.5) is 0 Å². The van der Waals surface area contributed by atoms with Gasteiger partial charge in [-0.05, 0) is 30.9 Å². The number of carbonyl (C=O) groups is 2. The molecule has 1 aliphatic heterocycles. The summed E-state index contributed by atoms with van der Waals surface area (Å²) < 4.78 is 5.68. The Morgan fingerprint density at radius 3 is 2.75 bits per heavy atom. The summed E-state index contributed by atoms with van der Waals surface area (Å²) in [4.78, 5) is 23.3. The number of ether oxygens (including phenoxy) is 1. The van der Waals surface area contributed by atoms with Crippen molar-refractivity contribution in [2.45, 2.75) is 50.7 Å². The predicted molar refractivity (Wildman–Crippen MR) is 77.8 cm³/mol. The molecule has 0 spiro atoms. The first-order chi connectivity index (χ1) is 9.53. The Bertz CT molecular complexity index is 368. The molecule has 2 N–H and O–H groups in total. The molecule has 2 fully saturated rings. The van der Waals surface area contributed by atoms with Crippen molar-refractivity contribution in [1.82, 2.24) is 5.32 Å². The van der Waals surface area contributed by atoms with Crippen LogP contribution in [0.2, 0.25) is 0 Å². The number of carboxylic acid groups (broad SMARTS) is 1. The van der Waals surface area contributed by atoms with Crippen molar-refractivity contribution in [1.29, 1.82) is 0 Å². The number of carboxylic acids is 1. The molecule has 1 saturated carbocycles. The fraction of sp³-hybridized carbons (Fsp3) is 0.857. The van der Waals surface area contributed by atoms with Gasteiger partial charge in [0.1, 0.15) is 12.1 Å². The first-order valence-corrected chi connectivity index (χ1v) is 8.43. The molecular weight excluding hydrogens is 278 g/mol. The van der Waals surface area contributed by atoms with E-state index in [-0.39, 0.29) is 18.6 Å². The van der Waals surface area contributed by atoms with E-state index < -0.39 is 11.5 Å². The zero-order valence-corrected chi connectivity index (χ0v) is 12.7. The van der Waals surface area contributed by atoms with Crippen molar-refractivity contribution in [3.8, 4) is 0 Å². The molecule has 0 bridgehead atoms. The average molecular weight is 301 g/mol. The molecular formula is C14H23NO4S. The minimum atomic E-state index is -1.09. The van der Waals surface area contributed by atoms with Gasteiger partial charge in [-0.3, -0.25) is 4.79 Å². The highest BCUT2D eigenvalue weighted by Gasteiger charge is 2.43. The Kier molecular flexibility index (Phi) is 5.32. The molecule has 0 aromatic rings. The van der Waals surface area contributed by atoms with Gasteiger partial charge < -0.3 is 15.2 Å². The number of nitrogens with one attached hydrogen (secondary N) is 1. The van der Waals surface area contributed by atoms with Gasteiger partial charge in [0.25, 0.3) is 0 Å². The van der Waals surface area contributed by atoms with Crippen molar-refractivity contribution in [2.24, 2.45) is 5.92 Å². The van der Waals surface area contributed by atoms with Gasteiger partial charge in [-0.2, -0.15) is 11.8 Å². The molecule has 1 amide bonds. The van der Waals surface area contributed by atoms with E-state index in [2.05, 4.69) is 12.2 Å². The standard InChI is InChI=1S/C14H23NO4S/c1-10-4-2-3-5-11(10)19-8-12(16)15-14(13(17)18)6-7-20-9-14/h10-11H,2-9H2,1H3,(H,15,16)(H,17,18). The highest BCUT2D eigenvalue weighted by Crippen LogP contribution is 2.29. The zero-order chi connectivity index (χ0) is 14.6. The molecule has 0 aromatic carbocycles. The van der Waals surface area contributed by atoms with Crippen LogP contribution in [0.25, 0.3) is 0 Å². The molecule has 2 aliphatic rings. The molecule has 0 radical (unpaired) electrons. The summed E-state index contributed by atoms with van der Waals surface area (Å²) in [6.45, 7) is 2.11. The van der Waals surface area contributed by atoms with Gasteiger partial charge >= 0.3 is 5.97 Å². The van der Waals surface area contributed by atoms with Crippen molar-refractivity contribution in [3.05, 3.63) is 0 Å². The molecule has 20 heavy (non-hydrogen) atoms. The Morgan fingerprint density at radius 1 is 1.40 bits per heavy atom. The second-order valence-electron chi connectivity index (χ2n) is 5.85. The van der Waals surface area contributed by atoms with Gasteiger partial charge in [-0.15, -0.1) is 0 Å². The minimum Gasteiger partial charge on any atom is -0.479 e. The third-order valence-electron chi connectivity index (χ3n) is 4.27. The van der Waals surface area contributed by atoms with Gasteiger partial charge in [0.15, 0.2) is 0 Å². The molecule has 3 atom stereocenters. The van der Waals surface area contributed by atoms with Gasteiger partial charge in [-0.25, -0.2) is 4.79 Å². The zero-order valence-electron chi connectivity index (χ0n) is 11.9. The molecule has 1 aliphatic carbocycles. The summed E-state index contributed by atoms with van der Waals surface area (Å²) >= 11 is 1.56. The fourth-order valence-corrected chi connectivity index (χ4v) is 4.23. The van der Waals surface area contributed by atoms with Crippen LogP contribution in [0.15, 0.2) is 0 Å². The lowest BCUT2D eigenvalue weighted by molar-refractivity contribution is -0.148. The van der Waals surface area contributed by atoms with Crippen molar-refractivity contribution in [3.63, 3.8) is 0 Å². The van der Waals surface area contributed by atoms with Crippen LogP contribution < -0.4 is 5.32 Å². The van der Waals surface area contributed by atoms with Crippen LogP contribution in [0, 0.1) is 5.92 Å². The summed E-state index contributed by atoms with van der Waals surface area (Å²) in [6, 6.07) is 0. The normalized spacial score (nSPS) is 33.9. The summed E-state index contributed by atoms with van der Waals surface area (Å²) in [6.07, 6.45) is 5.13. The van der Waals surface area contributed by atoms with E-state index in [1.807, 2.05) is 0 Å². The number of thioether (sulfide) groups is 1. The number of hydrogen-bond donors (Lipinski definition) is 2. The summed E-state index contributed by atoms with van der Waals surface area (Å²) in [5.41, 5.74) is -1.09. The van der Waals surface area contributed by atoms with E-state index in [1.165, 1.54) is 6.42 Å². The van der Waals surface area contributed by atoms with Gasteiger partial charge in [0.05, 0.1) is 6.10 Å². The second kappa shape index (κ2) is 6.80. The van der Waals surface area contributed by atoms with Crippen LogP contribution in [-0.2, 0) is 14.3 Å². The van der Waals surface area contributed by atoms with E-state index in [0.29, 0.717) is 18.1 Å². The lowest BCUT2D eigenvalue weighted by Gasteiger charge is -2.29. The molecule has 2 rings (SSSR count). The largest absolute Gasteiger partial charge is 0.479 e. The van der Waals surface area contributed by atoms with Gasteiger partial charge in [0.2, 0.25) is 5.91 Å². The van der Waals surface area contributed by atoms with Crippen molar-refractivity contribution >= 4 is 23.6 Å². The van der Waals surface area contributed by atoms with E-state index in [9.17, 15) is 14.7 Å². The SMILES string of the molecule is CC1CCCCC1OCC(=O)NC1(C(=O)O)CCSC1. The molecule has 1 saturated heterocycles. The highest BCUT2D eigenvalue weighted by atomic mass is 32.2. The number of amides is 1. The molecule has 5 nitrogen and oxygen atoms in total. The lowest BCUT2D eigenvalue weighted by Crippen LogP contribution is -2.55. The Hall–Kier alpha value is -0.750. The van der Waals surface area contributed by atoms with E-state index in [1.54, 1.807) is 11.8 Å². The van der Waals surface area contributed by atoms with E-state index in [4.69, 9.17) is 4.74 Å². The Morgan fingerprint density at radius 2 is 2.15 bits per heavy atom. The van der Waals surface area contributed by atoms with Crippen molar-refractivity contribution < 1.29 is 19.4 Å². The first kappa shape index (κ1) is 15.6. The summed E-state index contributed by atoms with van der Waals surface area (Å²) in [7, 11) is 0. The monoisotopic (exact) mass is 301 g/mol. The van der Waals surface area contributed by atoms with Gasteiger partial charge in [-0.1, -0.05) is 19.8 Å². The summed E-state index contributed by atoms with van der Waals surface area (Å²) in [5, 5.41) is 12.0. The van der Waals surface area contributed by atoms with Crippen molar-refractivity contribution in [2.75, 3.05) is 18.1 Å². The number of rotatable bonds is 5. The molecule has 6 heteroatoms. The van der Waals surface area contributed by atoms with Crippen LogP contribution in [0.3, 0.4) is 0 Å². The lowest BCUT2D eigenvalue weighted by atomic mass is 9.88. The minimum absolute atomic E-state index is 0.0330. The maximum atomic E-state index is 11.9. The van der Waals surface area contributed by atoms with Gasteiger partial charge in [0, 0.05) is 5.75 Å². The van der Waals surface area contributed by atoms with Crippen LogP contribution in [-0.4, -0.2) is 46.7 Å². The smallest absolute Gasteiger partial charge is 0.330 e. The number of hydrogen-bond acceptors (Lipinski definition) is 4. The maximum Gasteiger partial charge on any atom is 0.330 e. The quantitative estimate of drug-likeness (QED) is 0.807. The Balaban J connectivity index is 1.81. The molecule has 1 heterocycles. The number of carbonyl (C=O) groups excluding carboxylic acids is 1. The van der Waals surface area contributed by atoms with E-state index in [0.717, 1.165) is 25.0 Å². The Labute approximate surface area is 123 Å². The maximum absolute atomic E-state index is 11.9. The number of aliphatic carboxylic acids is 1. The topological polar surface area (TPSA) is 75.6 Å². The summed E-state index contributed by atoms with van der Waals surface area (Å²) in [5.74, 6) is 0.433. The molecule has 0 aromatic heterocycles. The third kappa shape index (κ3) is 3.67. The average Bonchev–Trinajstić information content (AvgIpc) is 2.88. The fourth-order valence-electron chi connectivity index (χ4n) is 2.90. The van der Waals surface area contributed by atoms with E-state index >= 15 is 0 Å². The second-order valence-corrected chi connectivity index (χ2v) is 6.95. The van der Waals surface area contributed by atoms with Crippen LogP contribution >= 0.6 is 11.8 Å². The van der Waals surface area contributed by atoms with Crippen LogP contribution in [0.1, 0.15) is 39.0 Å².